The van der Waals surface area contributed by atoms with E-state index in [2.05, 4.69) is 54.6 Å². The molecule has 2 fully saturated rings. The monoisotopic (exact) mass is 443 g/mol. The van der Waals surface area contributed by atoms with Crippen molar-refractivity contribution < 1.29 is 9.53 Å². The average molecular weight is 444 g/mol. The minimum Gasteiger partial charge on any atom is -0.371 e. The van der Waals surface area contributed by atoms with Crippen molar-refractivity contribution in [3.8, 4) is 11.8 Å². The largest absolute Gasteiger partial charge is 0.371 e. The van der Waals surface area contributed by atoms with Crippen LogP contribution in [0.4, 0.5) is 11.6 Å². The SMILES string of the molecule is CNc1ncc(C#Cc2ccc([C@H]3CN(C)CCO3)cn2)c2cc(NC(=O)C3CC3)nnc12. The number of hydrogen-bond donors (Lipinski definition) is 2. The lowest BCUT2D eigenvalue weighted by atomic mass is 10.1. The van der Waals surface area contributed by atoms with E-state index in [1.54, 1.807) is 19.3 Å². The third-order valence-corrected chi connectivity index (χ3v) is 5.82. The number of hydrogen-bond acceptors (Lipinski definition) is 8. The van der Waals surface area contributed by atoms with Gasteiger partial charge in [-0.1, -0.05) is 12.0 Å². The molecule has 1 atom stereocenters. The number of rotatable bonds is 4. The smallest absolute Gasteiger partial charge is 0.228 e. The van der Waals surface area contributed by atoms with Crippen molar-refractivity contribution in [1.82, 2.24) is 25.1 Å². The van der Waals surface area contributed by atoms with Gasteiger partial charge in [-0.25, -0.2) is 9.97 Å². The summed E-state index contributed by atoms with van der Waals surface area (Å²) >= 11 is 0. The van der Waals surface area contributed by atoms with Gasteiger partial charge in [0.1, 0.15) is 11.2 Å². The van der Waals surface area contributed by atoms with Gasteiger partial charge in [0.05, 0.1) is 18.3 Å². The minimum absolute atomic E-state index is 0.0170. The average Bonchev–Trinajstić information content (AvgIpc) is 3.68. The number of anilines is 2. The molecule has 0 spiro atoms. The number of nitrogens with zero attached hydrogens (tertiary/aromatic N) is 5. The molecule has 33 heavy (non-hydrogen) atoms. The Kier molecular flexibility index (Phi) is 5.86. The van der Waals surface area contributed by atoms with Crippen LogP contribution in [0, 0.1) is 17.8 Å². The molecule has 1 saturated carbocycles. The van der Waals surface area contributed by atoms with Gasteiger partial charge in [-0.15, -0.1) is 10.2 Å². The Morgan fingerprint density at radius 1 is 1.18 bits per heavy atom. The van der Waals surface area contributed by atoms with E-state index in [1.807, 2.05) is 18.3 Å². The number of likely N-dealkylation sites (N-methyl/N-ethyl adjacent to an activating group) is 1. The highest BCUT2D eigenvalue weighted by molar-refractivity contribution is 5.97. The molecule has 2 N–H and O–H groups in total. The van der Waals surface area contributed by atoms with Gasteiger partial charge in [-0.2, -0.15) is 0 Å². The highest BCUT2D eigenvalue weighted by Crippen LogP contribution is 2.30. The van der Waals surface area contributed by atoms with E-state index in [4.69, 9.17) is 4.74 Å². The van der Waals surface area contributed by atoms with E-state index in [-0.39, 0.29) is 17.9 Å². The van der Waals surface area contributed by atoms with Gasteiger partial charge in [0.15, 0.2) is 11.6 Å². The zero-order valence-corrected chi connectivity index (χ0v) is 18.6. The van der Waals surface area contributed by atoms with E-state index >= 15 is 0 Å². The number of fused-ring (bicyclic) bond motifs is 1. The molecule has 1 amide bonds. The molecule has 3 aromatic heterocycles. The fourth-order valence-electron chi connectivity index (χ4n) is 3.73. The Labute approximate surface area is 192 Å². The molecule has 168 valence electrons. The van der Waals surface area contributed by atoms with Crippen LogP contribution in [0.15, 0.2) is 30.6 Å². The molecule has 1 aliphatic heterocycles. The summed E-state index contributed by atoms with van der Waals surface area (Å²) < 4.78 is 5.86. The summed E-state index contributed by atoms with van der Waals surface area (Å²) in [5.74, 6) is 7.34. The van der Waals surface area contributed by atoms with E-state index in [9.17, 15) is 4.79 Å². The number of ether oxygens (including phenoxy) is 1. The van der Waals surface area contributed by atoms with Crippen LogP contribution in [-0.4, -0.2) is 64.8 Å². The first-order valence-electron chi connectivity index (χ1n) is 11.0. The van der Waals surface area contributed by atoms with Crippen LogP contribution in [0.25, 0.3) is 10.9 Å². The second-order valence-corrected chi connectivity index (χ2v) is 8.37. The van der Waals surface area contributed by atoms with Crippen LogP contribution in [0.1, 0.15) is 35.8 Å². The van der Waals surface area contributed by atoms with Gasteiger partial charge in [0.2, 0.25) is 5.91 Å². The maximum Gasteiger partial charge on any atom is 0.228 e. The summed E-state index contributed by atoms with van der Waals surface area (Å²) in [7, 11) is 3.87. The van der Waals surface area contributed by atoms with Crippen molar-refractivity contribution in [3.63, 3.8) is 0 Å². The quantitative estimate of drug-likeness (QED) is 0.592. The van der Waals surface area contributed by atoms with Crippen molar-refractivity contribution in [2.45, 2.75) is 18.9 Å². The number of aromatic nitrogens is 4. The molecule has 9 nitrogen and oxygen atoms in total. The van der Waals surface area contributed by atoms with Gasteiger partial charge in [0, 0.05) is 49.4 Å². The minimum atomic E-state index is -0.0170. The lowest BCUT2D eigenvalue weighted by molar-refractivity contribution is -0.117. The molecule has 0 aromatic carbocycles. The van der Waals surface area contributed by atoms with Crippen LogP contribution in [0.2, 0.25) is 0 Å². The number of amides is 1. The molecular weight excluding hydrogens is 418 g/mol. The molecular formula is C24H25N7O2. The van der Waals surface area contributed by atoms with Gasteiger partial charge in [0.25, 0.3) is 0 Å². The molecule has 1 saturated heterocycles. The van der Waals surface area contributed by atoms with Crippen LogP contribution in [0.5, 0.6) is 0 Å². The third-order valence-electron chi connectivity index (χ3n) is 5.82. The molecule has 5 rings (SSSR count). The highest BCUT2D eigenvalue weighted by atomic mass is 16.5. The van der Waals surface area contributed by atoms with Crippen LogP contribution < -0.4 is 10.6 Å². The van der Waals surface area contributed by atoms with Crippen molar-refractivity contribution in [2.24, 2.45) is 5.92 Å². The number of carbonyl (C=O) groups excluding carboxylic acids is 1. The molecule has 9 heteroatoms. The van der Waals surface area contributed by atoms with Gasteiger partial charge in [-0.05, 0) is 37.9 Å². The lowest BCUT2D eigenvalue weighted by Crippen LogP contribution is -2.35. The Morgan fingerprint density at radius 2 is 2.06 bits per heavy atom. The van der Waals surface area contributed by atoms with Gasteiger partial charge in [-0.3, -0.25) is 4.79 Å². The molecule has 0 bridgehead atoms. The van der Waals surface area contributed by atoms with Crippen LogP contribution in [-0.2, 0) is 9.53 Å². The zero-order valence-electron chi connectivity index (χ0n) is 18.6. The Morgan fingerprint density at radius 3 is 2.79 bits per heavy atom. The fraction of sp³-hybridized carbons (Fsp3) is 0.375. The first kappa shape index (κ1) is 21.2. The standard InChI is InChI=1S/C24H25N7O2/c1-25-23-22-19(11-21(29-30-22)28-24(32)15-3-4-15)16(12-27-23)5-7-18-8-6-17(13-26-18)20-14-31(2)9-10-33-20/h6,8,11-13,15,20H,3-4,9-10,14H2,1-2H3,(H,25,27)(H,28,29,32)/t20-/m1/s1. The Balaban J connectivity index is 1.42. The van der Waals surface area contributed by atoms with Crippen molar-refractivity contribution in [2.75, 3.05) is 44.4 Å². The molecule has 0 unspecified atom stereocenters. The fourth-order valence-corrected chi connectivity index (χ4v) is 3.73. The Hall–Kier alpha value is -3.61. The third kappa shape index (κ3) is 4.77. The van der Waals surface area contributed by atoms with Crippen molar-refractivity contribution in [1.29, 1.82) is 0 Å². The maximum atomic E-state index is 12.1. The summed E-state index contributed by atoms with van der Waals surface area (Å²) in [4.78, 5) is 23.3. The number of morpholine rings is 1. The van der Waals surface area contributed by atoms with E-state index < -0.39 is 0 Å². The second-order valence-electron chi connectivity index (χ2n) is 8.37. The van der Waals surface area contributed by atoms with Crippen LogP contribution in [0.3, 0.4) is 0 Å². The molecule has 3 aromatic rings. The molecule has 4 heterocycles. The van der Waals surface area contributed by atoms with Crippen LogP contribution >= 0.6 is 0 Å². The highest BCUT2D eigenvalue weighted by Gasteiger charge is 2.30. The molecule has 2 aliphatic rings. The summed E-state index contributed by atoms with van der Waals surface area (Å²) in [6, 6.07) is 5.71. The van der Waals surface area contributed by atoms with E-state index in [1.165, 1.54) is 0 Å². The molecule has 1 aliphatic carbocycles. The first-order valence-corrected chi connectivity index (χ1v) is 11.0. The number of nitrogens with one attached hydrogen (secondary N) is 2. The predicted molar refractivity (Wildman–Crippen MR) is 125 cm³/mol. The van der Waals surface area contributed by atoms with Crippen molar-refractivity contribution in [3.05, 3.63) is 47.4 Å². The van der Waals surface area contributed by atoms with E-state index in [0.717, 1.165) is 43.5 Å². The zero-order chi connectivity index (χ0) is 22.8. The van der Waals surface area contributed by atoms with Gasteiger partial charge >= 0.3 is 0 Å². The summed E-state index contributed by atoms with van der Waals surface area (Å²) in [6.07, 6.45) is 5.39. The van der Waals surface area contributed by atoms with E-state index in [0.29, 0.717) is 28.4 Å². The normalized spacial score (nSPS) is 18.4. The summed E-state index contributed by atoms with van der Waals surface area (Å²) in [5, 5.41) is 15.1. The molecule has 0 radical (unpaired) electrons. The number of pyridine rings is 2. The first-order chi connectivity index (χ1) is 16.1. The lowest BCUT2D eigenvalue weighted by Gasteiger charge is -2.30. The summed E-state index contributed by atoms with van der Waals surface area (Å²) in [6.45, 7) is 2.51. The second kappa shape index (κ2) is 9.10. The number of carbonyl (C=O) groups is 1. The maximum absolute atomic E-state index is 12.1. The Bertz CT molecular complexity index is 1250. The predicted octanol–water partition coefficient (Wildman–Crippen LogP) is 2.21. The van der Waals surface area contributed by atoms with Crippen molar-refractivity contribution >= 4 is 28.4 Å². The topological polar surface area (TPSA) is 105 Å². The summed E-state index contributed by atoms with van der Waals surface area (Å²) in [5.41, 5.74) is 2.97. The van der Waals surface area contributed by atoms with Gasteiger partial charge < -0.3 is 20.3 Å².